The van der Waals surface area contributed by atoms with Crippen molar-refractivity contribution in [1.82, 2.24) is 5.32 Å². The molecule has 0 amide bonds. The maximum atomic E-state index is 6.32. The van der Waals surface area contributed by atoms with E-state index in [9.17, 15) is 0 Å². The first kappa shape index (κ1) is 15.3. The fourth-order valence-corrected chi connectivity index (χ4v) is 3.35. The zero-order chi connectivity index (χ0) is 13.8. The summed E-state index contributed by atoms with van der Waals surface area (Å²) in [6.45, 7) is 3.08. The molecule has 2 nitrogen and oxygen atoms in total. The van der Waals surface area contributed by atoms with E-state index < -0.39 is 0 Å². The highest BCUT2D eigenvalue weighted by molar-refractivity contribution is 9.10. The quantitative estimate of drug-likeness (QED) is 0.804. The van der Waals surface area contributed by atoms with Gasteiger partial charge in [0.1, 0.15) is 0 Å². The van der Waals surface area contributed by atoms with Crippen LogP contribution in [0.15, 0.2) is 22.7 Å². The van der Waals surface area contributed by atoms with Gasteiger partial charge < -0.3 is 10.1 Å². The summed E-state index contributed by atoms with van der Waals surface area (Å²) in [7, 11) is 1.82. The van der Waals surface area contributed by atoms with Crippen molar-refractivity contribution in [3.8, 4) is 0 Å². The number of nitrogens with one attached hydrogen (secondary N) is 1. The minimum Gasteiger partial charge on any atom is -0.380 e. The zero-order valence-corrected chi connectivity index (χ0v) is 13.8. The summed E-state index contributed by atoms with van der Waals surface area (Å²) in [6.07, 6.45) is 3.78. The average molecular weight is 347 g/mol. The molecule has 19 heavy (non-hydrogen) atoms. The molecular formula is C15H21BrClNO. The Balaban J connectivity index is 2.10. The Labute approximate surface area is 129 Å². The Morgan fingerprint density at radius 2 is 2.21 bits per heavy atom. The Bertz CT molecular complexity index is 423. The molecule has 0 aliphatic heterocycles. The van der Waals surface area contributed by atoms with E-state index in [0.717, 1.165) is 22.5 Å². The van der Waals surface area contributed by atoms with Crippen molar-refractivity contribution in [1.29, 1.82) is 0 Å². The lowest BCUT2D eigenvalue weighted by atomic mass is 9.98. The first-order valence-electron chi connectivity index (χ1n) is 6.85. The Morgan fingerprint density at radius 3 is 2.74 bits per heavy atom. The smallest absolute Gasteiger partial charge is 0.0755 e. The first-order chi connectivity index (χ1) is 9.15. The van der Waals surface area contributed by atoms with Gasteiger partial charge >= 0.3 is 0 Å². The predicted molar refractivity (Wildman–Crippen MR) is 83.8 cm³/mol. The summed E-state index contributed by atoms with van der Waals surface area (Å²) < 4.78 is 6.73. The fraction of sp³-hybridized carbons (Fsp3) is 0.600. The molecule has 4 heteroatoms. The van der Waals surface area contributed by atoms with Gasteiger partial charge in [-0.1, -0.05) is 40.5 Å². The van der Waals surface area contributed by atoms with Crippen LogP contribution in [0.4, 0.5) is 0 Å². The molecule has 1 aliphatic carbocycles. The number of halogens is 2. The van der Waals surface area contributed by atoms with Crippen molar-refractivity contribution < 1.29 is 4.74 Å². The van der Waals surface area contributed by atoms with Gasteiger partial charge in [-0.25, -0.2) is 0 Å². The second kappa shape index (κ2) is 7.07. The average Bonchev–Trinajstić information content (AvgIpc) is 3.18. The van der Waals surface area contributed by atoms with Crippen LogP contribution in [-0.2, 0) is 11.2 Å². The molecule has 2 unspecified atom stereocenters. The number of rotatable bonds is 7. The van der Waals surface area contributed by atoms with E-state index >= 15 is 0 Å². The second-order valence-corrected chi connectivity index (χ2v) is 6.46. The highest BCUT2D eigenvalue weighted by Crippen LogP contribution is 2.36. The Morgan fingerprint density at radius 1 is 1.47 bits per heavy atom. The third-order valence-electron chi connectivity index (χ3n) is 3.68. The highest BCUT2D eigenvalue weighted by Gasteiger charge is 2.36. The minimum absolute atomic E-state index is 0.291. The summed E-state index contributed by atoms with van der Waals surface area (Å²) >= 11 is 9.76. The van der Waals surface area contributed by atoms with E-state index in [1.54, 1.807) is 0 Å². The molecule has 1 N–H and O–H groups in total. The van der Waals surface area contributed by atoms with Gasteiger partial charge in [-0.15, -0.1) is 0 Å². The molecule has 106 valence electrons. The number of hydrogen-bond donors (Lipinski definition) is 1. The van der Waals surface area contributed by atoms with Crippen LogP contribution in [0.5, 0.6) is 0 Å². The van der Waals surface area contributed by atoms with Crippen molar-refractivity contribution in [3.05, 3.63) is 33.3 Å². The Kier molecular flexibility index (Phi) is 5.70. The van der Waals surface area contributed by atoms with Gasteiger partial charge in [0.2, 0.25) is 0 Å². The van der Waals surface area contributed by atoms with Crippen LogP contribution in [0.1, 0.15) is 25.3 Å². The fourth-order valence-electron chi connectivity index (χ4n) is 2.60. The van der Waals surface area contributed by atoms with Gasteiger partial charge in [0.15, 0.2) is 0 Å². The zero-order valence-electron chi connectivity index (χ0n) is 11.5. The van der Waals surface area contributed by atoms with E-state index in [4.69, 9.17) is 16.3 Å². The minimum atomic E-state index is 0.291. The summed E-state index contributed by atoms with van der Waals surface area (Å²) in [4.78, 5) is 0. The largest absolute Gasteiger partial charge is 0.380 e. The standard InChI is InChI=1S/C15H21BrClNO/c1-3-18-14(15(19-2)10-4-5-10)8-11-6-7-12(16)9-13(11)17/h6-7,9-10,14-15,18H,3-5,8H2,1-2H3. The SMILES string of the molecule is CCNC(Cc1ccc(Br)cc1Cl)C(OC)C1CC1. The number of benzene rings is 1. The lowest BCUT2D eigenvalue weighted by Crippen LogP contribution is -2.43. The number of likely N-dealkylation sites (N-methyl/N-ethyl adjacent to an activating group) is 1. The third-order valence-corrected chi connectivity index (χ3v) is 4.52. The normalized spacial score (nSPS) is 18.3. The summed E-state index contributed by atoms with van der Waals surface area (Å²) in [6, 6.07) is 6.43. The third kappa shape index (κ3) is 4.19. The van der Waals surface area contributed by atoms with Crippen LogP contribution >= 0.6 is 27.5 Å². The molecule has 0 bridgehead atoms. The first-order valence-corrected chi connectivity index (χ1v) is 8.03. The summed E-state index contributed by atoms with van der Waals surface area (Å²) in [5.74, 6) is 0.711. The van der Waals surface area contributed by atoms with Gasteiger partial charge in [0.25, 0.3) is 0 Å². The molecular weight excluding hydrogens is 326 g/mol. The van der Waals surface area contributed by atoms with Crippen molar-refractivity contribution in [2.45, 2.75) is 38.3 Å². The Hall–Kier alpha value is -0.0900. The van der Waals surface area contributed by atoms with E-state index in [1.807, 2.05) is 19.2 Å². The van der Waals surface area contributed by atoms with Gasteiger partial charge in [0.05, 0.1) is 6.10 Å². The molecule has 1 saturated carbocycles. The monoisotopic (exact) mass is 345 g/mol. The summed E-state index contributed by atoms with van der Waals surface area (Å²) in [5.41, 5.74) is 1.18. The van der Waals surface area contributed by atoms with Gasteiger partial charge in [0, 0.05) is 22.6 Å². The lowest BCUT2D eigenvalue weighted by Gasteiger charge is -2.27. The maximum Gasteiger partial charge on any atom is 0.0755 e. The van der Waals surface area contributed by atoms with Gasteiger partial charge in [-0.2, -0.15) is 0 Å². The molecule has 0 radical (unpaired) electrons. The van der Waals surface area contributed by atoms with Crippen molar-refractivity contribution in [2.75, 3.05) is 13.7 Å². The highest BCUT2D eigenvalue weighted by atomic mass is 79.9. The molecule has 1 aliphatic rings. The molecule has 0 aromatic heterocycles. The van der Waals surface area contributed by atoms with E-state index in [2.05, 4.69) is 34.2 Å². The molecule has 1 aromatic rings. The van der Waals surface area contributed by atoms with E-state index in [0.29, 0.717) is 18.1 Å². The second-order valence-electron chi connectivity index (χ2n) is 5.14. The van der Waals surface area contributed by atoms with Crippen LogP contribution in [-0.4, -0.2) is 25.8 Å². The number of methoxy groups -OCH3 is 1. The van der Waals surface area contributed by atoms with Gasteiger partial charge in [-0.05, 0) is 49.4 Å². The predicted octanol–water partition coefficient (Wildman–Crippen LogP) is 4.05. The van der Waals surface area contributed by atoms with Crippen molar-refractivity contribution in [2.24, 2.45) is 5.92 Å². The van der Waals surface area contributed by atoms with Crippen LogP contribution < -0.4 is 5.32 Å². The molecule has 1 aromatic carbocycles. The summed E-state index contributed by atoms with van der Waals surface area (Å²) in [5, 5.41) is 4.37. The molecule has 0 heterocycles. The number of hydrogen-bond acceptors (Lipinski definition) is 2. The van der Waals surface area contributed by atoms with Gasteiger partial charge in [-0.3, -0.25) is 0 Å². The number of ether oxygens (including phenoxy) is 1. The molecule has 1 fully saturated rings. The molecule has 2 atom stereocenters. The molecule has 0 saturated heterocycles. The maximum absolute atomic E-state index is 6.32. The van der Waals surface area contributed by atoms with E-state index in [-0.39, 0.29) is 0 Å². The van der Waals surface area contributed by atoms with Crippen molar-refractivity contribution in [3.63, 3.8) is 0 Å². The van der Waals surface area contributed by atoms with Crippen molar-refractivity contribution >= 4 is 27.5 Å². The molecule has 0 spiro atoms. The molecule has 2 rings (SSSR count). The van der Waals surface area contributed by atoms with Crippen LogP contribution in [0.3, 0.4) is 0 Å². The van der Waals surface area contributed by atoms with Crippen LogP contribution in [0, 0.1) is 5.92 Å². The van der Waals surface area contributed by atoms with Crippen LogP contribution in [0.25, 0.3) is 0 Å². The topological polar surface area (TPSA) is 21.3 Å². The lowest BCUT2D eigenvalue weighted by molar-refractivity contribution is 0.0516. The van der Waals surface area contributed by atoms with Crippen LogP contribution in [0.2, 0.25) is 5.02 Å². The van der Waals surface area contributed by atoms with E-state index in [1.165, 1.54) is 18.4 Å².